The average molecular weight is 279 g/mol. The maximum atomic E-state index is 12.1. The van der Waals surface area contributed by atoms with Gasteiger partial charge in [-0.15, -0.1) is 0 Å². The molecule has 20 heavy (non-hydrogen) atoms. The van der Waals surface area contributed by atoms with Crippen LogP contribution in [-0.2, 0) is 9.53 Å². The van der Waals surface area contributed by atoms with Crippen molar-refractivity contribution in [1.82, 2.24) is 0 Å². The minimum atomic E-state index is -0.560. The molecule has 1 aromatic rings. The predicted molar refractivity (Wildman–Crippen MR) is 78.5 cm³/mol. The van der Waals surface area contributed by atoms with E-state index in [2.05, 4.69) is 15.4 Å². The third-order valence-electron chi connectivity index (χ3n) is 2.96. The number of benzene rings is 1. The maximum absolute atomic E-state index is 12.1. The van der Waals surface area contributed by atoms with E-state index in [9.17, 15) is 9.59 Å². The minimum absolute atomic E-state index is 0.127. The monoisotopic (exact) mass is 279 g/mol. The largest absolute Gasteiger partial charge is 0.453 e. The van der Waals surface area contributed by atoms with E-state index in [0.29, 0.717) is 17.9 Å². The summed E-state index contributed by atoms with van der Waals surface area (Å²) in [7, 11) is 1.29. The molecular weight excluding hydrogens is 258 g/mol. The van der Waals surface area contributed by atoms with Crippen molar-refractivity contribution in [2.45, 2.75) is 13.8 Å². The molecular formula is C14H21N3O3. The molecule has 0 aliphatic heterocycles. The van der Waals surface area contributed by atoms with Crippen LogP contribution in [0.5, 0.6) is 0 Å². The van der Waals surface area contributed by atoms with Crippen LogP contribution in [-0.4, -0.2) is 25.7 Å². The van der Waals surface area contributed by atoms with E-state index in [1.165, 1.54) is 7.11 Å². The highest BCUT2D eigenvalue weighted by molar-refractivity contribution is 5.94. The lowest BCUT2D eigenvalue weighted by atomic mass is 9.95. The Bertz CT molecular complexity index is 474. The van der Waals surface area contributed by atoms with Gasteiger partial charge >= 0.3 is 6.09 Å². The summed E-state index contributed by atoms with van der Waals surface area (Å²) in [6.07, 6.45) is -0.560. The number of anilines is 2. The van der Waals surface area contributed by atoms with Gasteiger partial charge in [0.05, 0.1) is 13.0 Å². The highest BCUT2D eigenvalue weighted by Gasteiger charge is 2.20. The maximum Gasteiger partial charge on any atom is 0.411 e. The highest BCUT2D eigenvalue weighted by atomic mass is 16.5. The van der Waals surface area contributed by atoms with Gasteiger partial charge in [0, 0.05) is 17.9 Å². The van der Waals surface area contributed by atoms with Gasteiger partial charge in [-0.1, -0.05) is 19.9 Å². The number of nitrogens with one attached hydrogen (secondary N) is 2. The lowest BCUT2D eigenvalue weighted by molar-refractivity contribution is -0.120. The summed E-state index contributed by atoms with van der Waals surface area (Å²) in [6.45, 7) is 4.20. The number of carbonyl (C=O) groups excluding carboxylic acids is 2. The van der Waals surface area contributed by atoms with Crippen LogP contribution in [0, 0.1) is 11.8 Å². The summed E-state index contributed by atoms with van der Waals surface area (Å²) in [5.41, 5.74) is 6.75. The van der Waals surface area contributed by atoms with E-state index >= 15 is 0 Å². The van der Waals surface area contributed by atoms with E-state index < -0.39 is 6.09 Å². The normalized spacial score (nSPS) is 11.8. The number of hydrogen-bond donors (Lipinski definition) is 3. The number of ether oxygens (including phenoxy) is 1. The average Bonchev–Trinajstić information content (AvgIpc) is 2.39. The quantitative estimate of drug-likeness (QED) is 0.768. The summed E-state index contributed by atoms with van der Waals surface area (Å²) in [6, 6.07) is 6.83. The lowest BCUT2D eigenvalue weighted by Gasteiger charge is -2.18. The van der Waals surface area contributed by atoms with E-state index in [0.717, 1.165) is 0 Å². The molecule has 4 N–H and O–H groups in total. The minimum Gasteiger partial charge on any atom is -0.453 e. The molecule has 1 atom stereocenters. The lowest BCUT2D eigenvalue weighted by Crippen LogP contribution is -2.33. The van der Waals surface area contributed by atoms with Gasteiger partial charge in [0.1, 0.15) is 0 Å². The Hall–Kier alpha value is -2.08. The van der Waals surface area contributed by atoms with Crippen LogP contribution in [0.4, 0.5) is 16.2 Å². The van der Waals surface area contributed by atoms with E-state index in [-0.39, 0.29) is 17.7 Å². The third-order valence-corrected chi connectivity index (χ3v) is 2.96. The Kier molecular flexibility index (Phi) is 5.99. The molecule has 0 fully saturated rings. The first-order chi connectivity index (χ1) is 9.47. The number of carbonyl (C=O) groups is 2. The van der Waals surface area contributed by atoms with Crippen LogP contribution >= 0.6 is 0 Å². The fourth-order valence-electron chi connectivity index (χ4n) is 1.76. The molecule has 6 nitrogen and oxygen atoms in total. The zero-order valence-corrected chi connectivity index (χ0v) is 12.0. The van der Waals surface area contributed by atoms with E-state index in [1.807, 2.05) is 13.8 Å². The first-order valence-electron chi connectivity index (χ1n) is 6.44. The first-order valence-corrected chi connectivity index (χ1v) is 6.44. The van der Waals surface area contributed by atoms with Gasteiger partial charge in [0.2, 0.25) is 5.91 Å². The van der Waals surface area contributed by atoms with Crippen molar-refractivity contribution in [2.24, 2.45) is 17.6 Å². The van der Waals surface area contributed by atoms with Crippen molar-refractivity contribution in [2.75, 3.05) is 24.3 Å². The van der Waals surface area contributed by atoms with E-state index in [1.54, 1.807) is 24.3 Å². The molecule has 0 aromatic heterocycles. The standard InChI is InChI=1S/C14H21N3O3/c1-9(2)12(8-15)13(18)16-10-5-4-6-11(7-10)17-14(19)20-3/h4-7,9,12H,8,15H2,1-3H3,(H,16,18)(H,17,19). The molecule has 1 rings (SSSR count). The van der Waals surface area contributed by atoms with Gasteiger partial charge in [0.25, 0.3) is 0 Å². The van der Waals surface area contributed by atoms with Crippen molar-refractivity contribution < 1.29 is 14.3 Å². The summed E-state index contributed by atoms with van der Waals surface area (Å²) in [5, 5.41) is 5.33. The van der Waals surface area contributed by atoms with Crippen LogP contribution in [0.25, 0.3) is 0 Å². The Morgan fingerprint density at radius 1 is 1.25 bits per heavy atom. The second kappa shape index (κ2) is 7.49. The number of rotatable bonds is 5. The first kappa shape index (κ1) is 16.0. The SMILES string of the molecule is COC(=O)Nc1cccc(NC(=O)C(CN)C(C)C)c1. The second-order valence-electron chi connectivity index (χ2n) is 4.77. The molecule has 0 aliphatic rings. The zero-order chi connectivity index (χ0) is 15.1. The van der Waals surface area contributed by atoms with Crippen LogP contribution < -0.4 is 16.4 Å². The predicted octanol–water partition coefficient (Wildman–Crippen LogP) is 2.03. The van der Waals surface area contributed by atoms with Gasteiger partial charge < -0.3 is 15.8 Å². The summed E-state index contributed by atoms with van der Waals surface area (Å²) >= 11 is 0. The van der Waals surface area contributed by atoms with Gasteiger partial charge in [0.15, 0.2) is 0 Å². The second-order valence-corrected chi connectivity index (χ2v) is 4.77. The number of methoxy groups -OCH3 is 1. The molecule has 0 bridgehead atoms. The molecule has 2 amide bonds. The Morgan fingerprint density at radius 2 is 1.85 bits per heavy atom. The summed E-state index contributed by atoms with van der Waals surface area (Å²) < 4.78 is 4.51. The van der Waals surface area contributed by atoms with Crippen molar-refractivity contribution >= 4 is 23.4 Å². The summed E-state index contributed by atoms with van der Waals surface area (Å²) in [5.74, 6) is -0.207. The number of nitrogens with two attached hydrogens (primary N) is 1. The van der Waals surface area contributed by atoms with Gasteiger partial charge in [-0.05, 0) is 24.1 Å². The Balaban J connectivity index is 2.75. The van der Waals surface area contributed by atoms with Gasteiger partial charge in [-0.2, -0.15) is 0 Å². The number of hydrogen-bond acceptors (Lipinski definition) is 4. The summed E-state index contributed by atoms with van der Waals surface area (Å²) in [4.78, 5) is 23.2. The number of amides is 2. The highest BCUT2D eigenvalue weighted by Crippen LogP contribution is 2.18. The van der Waals surface area contributed by atoms with Crippen molar-refractivity contribution in [3.63, 3.8) is 0 Å². The molecule has 0 spiro atoms. The topological polar surface area (TPSA) is 93.5 Å². The fourth-order valence-corrected chi connectivity index (χ4v) is 1.76. The molecule has 0 saturated carbocycles. The molecule has 0 saturated heterocycles. The smallest absolute Gasteiger partial charge is 0.411 e. The fraction of sp³-hybridized carbons (Fsp3) is 0.429. The Morgan fingerprint density at radius 3 is 2.35 bits per heavy atom. The Labute approximate surface area is 118 Å². The molecule has 0 radical (unpaired) electrons. The molecule has 0 aliphatic carbocycles. The van der Waals surface area contributed by atoms with Crippen LogP contribution in [0.1, 0.15) is 13.8 Å². The van der Waals surface area contributed by atoms with Crippen LogP contribution in [0.2, 0.25) is 0 Å². The molecule has 1 aromatic carbocycles. The van der Waals surface area contributed by atoms with E-state index in [4.69, 9.17) is 5.73 Å². The molecule has 110 valence electrons. The van der Waals surface area contributed by atoms with Crippen molar-refractivity contribution in [3.05, 3.63) is 24.3 Å². The van der Waals surface area contributed by atoms with Gasteiger partial charge in [-0.3, -0.25) is 10.1 Å². The van der Waals surface area contributed by atoms with Gasteiger partial charge in [-0.25, -0.2) is 4.79 Å². The van der Waals surface area contributed by atoms with Crippen LogP contribution in [0.15, 0.2) is 24.3 Å². The van der Waals surface area contributed by atoms with Crippen molar-refractivity contribution in [1.29, 1.82) is 0 Å². The molecule has 1 unspecified atom stereocenters. The molecule has 0 heterocycles. The third kappa shape index (κ3) is 4.55. The zero-order valence-electron chi connectivity index (χ0n) is 12.0. The van der Waals surface area contributed by atoms with Crippen LogP contribution in [0.3, 0.4) is 0 Å². The molecule has 6 heteroatoms. The van der Waals surface area contributed by atoms with Crippen molar-refractivity contribution in [3.8, 4) is 0 Å².